The third-order valence-corrected chi connectivity index (χ3v) is 5.23. The Labute approximate surface area is 124 Å². The molecule has 0 aromatic heterocycles. The van der Waals surface area contributed by atoms with E-state index in [9.17, 15) is 13.2 Å². The van der Waals surface area contributed by atoms with E-state index in [1.54, 1.807) is 36.4 Å². The summed E-state index contributed by atoms with van der Waals surface area (Å²) in [6.07, 6.45) is 0.455. The average Bonchev–Trinajstić information content (AvgIpc) is 2.49. The van der Waals surface area contributed by atoms with Gasteiger partial charge in [-0.15, -0.1) is 0 Å². The van der Waals surface area contributed by atoms with E-state index in [1.807, 2.05) is 6.92 Å². The lowest BCUT2D eigenvalue weighted by Gasteiger charge is -2.13. The first-order chi connectivity index (χ1) is 9.98. The van der Waals surface area contributed by atoms with Crippen molar-refractivity contribution in [2.45, 2.75) is 17.1 Å². The SMILES string of the molecule is COc1ccc(C(C=O)S(=O)(=O)c2ccc(C)cc2)cc1. The zero-order chi connectivity index (χ0) is 15.5. The van der Waals surface area contributed by atoms with Gasteiger partial charge in [0, 0.05) is 0 Å². The molecule has 0 bridgehead atoms. The number of methoxy groups -OCH3 is 1. The fraction of sp³-hybridized carbons (Fsp3) is 0.188. The molecule has 2 rings (SSSR count). The predicted octanol–water partition coefficient (Wildman–Crippen LogP) is 2.72. The van der Waals surface area contributed by atoms with Gasteiger partial charge >= 0.3 is 0 Å². The standard InChI is InChI=1S/C16H16O4S/c1-12-3-9-15(10-4-12)21(18,19)16(11-17)13-5-7-14(20-2)8-6-13/h3-11,16H,1-2H3. The maximum Gasteiger partial charge on any atom is 0.192 e. The molecule has 1 unspecified atom stereocenters. The zero-order valence-electron chi connectivity index (χ0n) is 11.8. The van der Waals surface area contributed by atoms with E-state index >= 15 is 0 Å². The minimum Gasteiger partial charge on any atom is -0.497 e. The lowest BCUT2D eigenvalue weighted by Crippen LogP contribution is -2.15. The Morgan fingerprint density at radius 1 is 1.00 bits per heavy atom. The summed E-state index contributed by atoms with van der Waals surface area (Å²) in [6.45, 7) is 1.87. The molecule has 0 N–H and O–H groups in total. The molecule has 0 heterocycles. The molecule has 1 atom stereocenters. The Bertz CT molecular complexity index is 716. The second kappa shape index (κ2) is 6.10. The molecule has 0 spiro atoms. The zero-order valence-corrected chi connectivity index (χ0v) is 12.6. The molecule has 110 valence electrons. The van der Waals surface area contributed by atoms with Gasteiger partial charge in [-0.1, -0.05) is 29.8 Å². The number of ether oxygens (including phenoxy) is 1. The molecule has 21 heavy (non-hydrogen) atoms. The predicted molar refractivity (Wildman–Crippen MR) is 80.2 cm³/mol. The summed E-state index contributed by atoms with van der Waals surface area (Å²) in [6, 6.07) is 12.9. The van der Waals surface area contributed by atoms with Crippen LogP contribution >= 0.6 is 0 Å². The highest BCUT2D eigenvalue weighted by Gasteiger charge is 2.28. The Kier molecular flexibility index (Phi) is 4.43. The Balaban J connectivity index is 2.43. The van der Waals surface area contributed by atoms with Crippen molar-refractivity contribution in [2.75, 3.05) is 7.11 Å². The number of aryl methyl sites for hydroxylation is 1. The van der Waals surface area contributed by atoms with Gasteiger partial charge in [0.2, 0.25) is 0 Å². The number of benzene rings is 2. The van der Waals surface area contributed by atoms with E-state index in [0.717, 1.165) is 5.56 Å². The van der Waals surface area contributed by atoms with Gasteiger partial charge < -0.3 is 9.53 Å². The molecule has 0 aliphatic carbocycles. The minimum atomic E-state index is -3.75. The van der Waals surface area contributed by atoms with E-state index < -0.39 is 15.1 Å². The highest BCUT2D eigenvalue weighted by molar-refractivity contribution is 7.92. The third kappa shape index (κ3) is 3.13. The maximum absolute atomic E-state index is 12.6. The van der Waals surface area contributed by atoms with Crippen molar-refractivity contribution in [1.29, 1.82) is 0 Å². The summed E-state index contributed by atoms with van der Waals surface area (Å²) in [5.74, 6) is 0.608. The number of hydrogen-bond acceptors (Lipinski definition) is 4. The average molecular weight is 304 g/mol. The summed E-state index contributed by atoms with van der Waals surface area (Å²) in [7, 11) is -2.23. The molecule has 0 aliphatic rings. The lowest BCUT2D eigenvalue weighted by molar-refractivity contribution is -0.107. The van der Waals surface area contributed by atoms with Crippen molar-refractivity contribution in [3.05, 3.63) is 59.7 Å². The van der Waals surface area contributed by atoms with Crippen LogP contribution in [-0.2, 0) is 14.6 Å². The molecular formula is C16H16O4S. The quantitative estimate of drug-likeness (QED) is 0.797. The molecule has 0 radical (unpaired) electrons. The molecule has 2 aromatic rings. The second-order valence-corrected chi connectivity index (χ2v) is 6.76. The van der Waals surface area contributed by atoms with E-state index in [-0.39, 0.29) is 4.90 Å². The summed E-state index contributed by atoms with van der Waals surface area (Å²) in [5.41, 5.74) is 1.38. The van der Waals surface area contributed by atoms with Crippen molar-refractivity contribution >= 4 is 16.1 Å². The first-order valence-electron chi connectivity index (χ1n) is 6.39. The highest BCUT2D eigenvalue weighted by Crippen LogP contribution is 2.28. The van der Waals surface area contributed by atoms with Gasteiger partial charge in [-0.2, -0.15) is 0 Å². The van der Waals surface area contributed by atoms with Crippen LogP contribution in [0.5, 0.6) is 5.75 Å². The molecule has 0 saturated carbocycles. The van der Waals surface area contributed by atoms with Gasteiger partial charge in [0.1, 0.15) is 17.3 Å². The van der Waals surface area contributed by atoms with Crippen LogP contribution in [0, 0.1) is 6.92 Å². The van der Waals surface area contributed by atoms with Gasteiger partial charge in [0.25, 0.3) is 0 Å². The Morgan fingerprint density at radius 2 is 1.57 bits per heavy atom. The van der Waals surface area contributed by atoms with Crippen LogP contribution in [0.15, 0.2) is 53.4 Å². The molecule has 0 saturated heterocycles. The smallest absolute Gasteiger partial charge is 0.192 e. The van der Waals surface area contributed by atoms with Crippen molar-refractivity contribution in [3.8, 4) is 5.75 Å². The van der Waals surface area contributed by atoms with Gasteiger partial charge in [0.15, 0.2) is 9.84 Å². The van der Waals surface area contributed by atoms with Crippen molar-refractivity contribution in [3.63, 3.8) is 0 Å². The van der Waals surface area contributed by atoms with Gasteiger partial charge in [-0.25, -0.2) is 8.42 Å². The molecular weight excluding hydrogens is 288 g/mol. The number of aldehydes is 1. The monoisotopic (exact) mass is 304 g/mol. The minimum absolute atomic E-state index is 0.140. The summed E-state index contributed by atoms with van der Waals surface area (Å²) >= 11 is 0. The molecule has 2 aromatic carbocycles. The Hall–Kier alpha value is -2.14. The van der Waals surface area contributed by atoms with Crippen LogP contribution in [0.3, 0.4) is 0 Å². The summed E-state index contributed by atoms with van der Waals surface area (Å²) in [4.78, 5) is 11.5. The lowest BCUT2D eigenvalue weighted by atomic mass is 10.1. The first kappa shape index (κ1) is 15.3. The van der Waals surface area contributed by atoms with Crippen LogP contribution in [0.2, 0.25) is 0 Å². The second-order valence-electron chi connectivity index (χ2n) is 4.69. The maximum atomic E-state index is 12.6. The van der Waals surface area contributed by atoms with E-state index in [2.05, 4.69) is 0 Å². The Morgan fingerprint density at radius 3 is 2.05 bits per heavy atom. The number of carbonyl (C=O) groups is 1. The van der Waals surface area contributed by atoms with Crippen LogP contribution in [0.25, 0.3) is 0 Å². The molecule has 4 nitrogen and oxygen atoms in total. The van der Waals surface area contributed by atoms with Gasteiger partial charge in [-0.05, 0) is 36.8 Å². The summed E-state index contributed by atoms with van der Waals surface area (Å²) in [5, 5.41) is -1.22. The van der Waals surface area contributed by atoms with Gasteiger partial charge in [0.05, 0.1) is 12.0 Å². The largest absolute Gasteiger partial charge is 0.497 e. The number of rotatable bonds is 5. The van der Waals surface area contributed by atoms with E-state index in [1.165, 1.54) is 19.2 Å². The van der Waals surface area contributed by atoms with Crippen molar-refractivity contribution < 1.29 is 17.9 Å². The fourth-order valence-electron chi connectivity index (χ4n) is 2.00. The van der Waals surface area contributed by atoms with E-state index in [4.69, 9.17) is 4.74 Å². The van der Waals surface area contributed by atoms with Crippen LogP contribution in [0.4, 0.5) is 0 Å². The topological polar surface area (TPSA) is 60.4 Å². The van der Waals surface area contributed by atoms with Crippen molar-refractivity contribution in [1.82, 2.24) is 0 Å². The molecule has 0 fully saturated rings. The van der Waals surface area contributed by atoms with E-state index in [0.29, 0.717) is 17.6 Å². The van der Waals surface area contributed by atoms with Crippen LogP contribution < -0.4 is 4.74 Å². The summed E-state index contributed by atoms with van der Waals surface area (Å²) < 4.78 is 30.2. The normalized spacial score (nSPS) is 12.7. The van der Waals surface area contributed by atoms with Gasteiger partial charge in [-0.3, -0.25) is 0 Å². The third-order valence-electron chi connectivity index (χ3n) is 3.25. The molecule has 0 aliphatic heterocycles. The molecule has 5 heteroatoms. The highest BCUT2D eigenvalue weighted by atomic mass is 32.2. The number of sulfone groups is 1. The fourth-order valence-corrected chi connectivity index (χ4v) is 3.47. The van der Waals surface area contributed by atoms with Crippen LogP contribution in [0.1, 0.15) is 16.4 Å². The van der Waals surface area contributed by atoms with Crippen molar-refractivity contribution in [2.24, 2.45) is 0 Å². The first-order valence-corrected chi connectivity index (χ1v) is 7.93. The molecule has 0 amide bonds. The number of hydrogen-bond donors (Lipinski definition) is 0. The van der Waals surface area contributed by atoms with Crippen LogP contribution in [-0.4, -0.2) is 21.8 Å². The number of carbonyl (C=O) groups excluding carboxylic acids is 1.